The summed E-state index contributed by atoms with van der Waals surface area (Å²) in [5.74, 6) is 0.921. The molecule has 0 spiro atoms. The molecule has 0 amide bonds. The van der Waals surface area contributed by atoms with Gasteiger partial charge in [0, 0.05) is 18.7 Å². The standard InChI is InChI=1S/C15H25NO2/c1-4-7-14(17)11-16-10-13-8-5-6-9-15(13)18-12(2)3/h5-6,8-9,12,14,16-17H,4,7,10-11H2,1-3H3. The number of hydrogen-bond donors (Lipinski definition) is 2. The minimum atomic E-state index is -0.256. The number of para-hydroxylation sites is 1. The van der Waals surface area contributed by atoms with Gasteiger partial charge in [0.15, 0.2) is 0 Å². The second kappa shape index (κ2) is 8.11. The summed E-state index contributed by atoms with van der Waals surface area (Å²) >= 11 is 0. The molecule has 0 aliphatic heterocycles. The normalized spacial score (nSPS) is 12.7. The monoisotopic (exact) mass is 251 g/mol. The molecule has 1 unspecified atom stereocenters. The van der Waals surface area contributed by atoms with E-state index in [0.717, 1.165) is 30.7 Å². The van der Waals surface area contributed by atoms with E-state index in [2.05, 4.69) is 18.3 Å². The van der Waals surface area contributed by atoms with Gasteiger partial charge in [-0.25, -0.2) is 0 Å². The van der Waals surface area contributed by atoms with Crippen LogP contribution in [0.25, 0.3) is 0 Å². The van der Waals surface area contributed by atoms with Gasteiger partial charge in [0.25, 0.3) is 0 Å². The highest BCUT2D eigenvalue weighted by Crippen LogP contribution is 2.19. The molecule has 3 nitrogen and oxygen atoms in total. The summed E-state index contributed by atoms with van der Waals surface area (Å²) in [6.45, 7) is 7.48. The van der Waals surface area contributed by atoms with Crippen molar-refractivity contribution >= 4 is 0 Å². The first-order chi connectivity index (χ1) is 8.63. The van der Waals surface area contributed by atoms with Gasteiger partial charge in [-0.1, -0.05) is 31.5 Å². The van der Waals surface area contributed by atoms with Crippen LogP contribution in [0.2, 0.25) is 0 Å². The minimum absolute atomic E-state index is 0.178. The van der Waals surface area contributed by atoms with E-state index in [0.29, 0.717) is 6.54 Å². The molecule has 3 heteroatoms. The first-order valence-electron chi connectivity index (χ1n) is 6.76. The fourth-order valence-electron chi connectivity index (χ4n) is 1.83. The first kappa shape index (κ1) is 15.0. The second-order valence-electron chi connectivity index (χ2n) is 4.85. The molecule has 0 heterocycles. The van der Waals surface area contributed by atoms with Gasteiger partial charge in [0.1, 0.15) is 5.75 Å². The van der Waals surface area contributed by atoms with Crippen LogP contribution in [0.3, 0.4) is 0 Å². The van der Waals surface area contributed by atoms with Crippen molar-refractivity contribution in [2.24, 2.45) is 0 Å². The van der Waals surface area contributed by atoms with Gasteiger partial charge in [-0.2, -0.15) is 0 Å². The van der Waals surface area contributed by atoms with Gasteiger partial charge in [0.2, 0.25) is 0 Å². The Hall–Kier alpha value is -1.06. The average Bonchev–Trinajstić information content (AvgIpc) is 2.31. The molecule has 0 aliphatic carbocycles. The van der Waals surface area contributed by atoms with Gasteiger partial charge in [-0.3, -0.25) is 0 Å². The van der Waals surface area contributed by atoms with E-state index in [1.54, 1.807) is 0 Å². The molecule has 0 saturated carbocycles. The lowest BCUT2D eigenvalue weighted by molar-refractivity contribution is 0.160. The molecule has 0 bridgehead atoms. The zero-order valence-corrected chi connectivity index (χ0v) is 11.6. The third-order valence-corrected chi connectivity index (χ3v) is 2.65. The zero-order chi connectivity index (χ0) is 13.4. The molecule has 2 N–H and O–H groups in total. The quantitative estimate of drug-likeness (QED) is 0.746. The molecular formula is C15H25NO2. The Morgan fingerprint density at radius 2 is 2.00 bits per heavy atom. The molecule has 0 radical (unpaired) electrons. The van der Waals surface area contributed by atoms with E-state index < -0.39 is 0 Å². The van der Waals surface area contributed by atoms with Crippen molar-refractivity contribution in [1.82, 2.24) is 5.32 Å². The molecule has 102 valence electrons. The molecule has 0 saturated heterocycles. The van der Waals surface area contributed by atoms with Crippen molar-refractivity contribution in [3.63, 3.8) is 0 Å². The fourth-order valence-corrected chi connectivity index (χ4v) is 1.83. The van der Waals surface area contributed by atoms with Gasteiger partial charge < -0.3 is 15.2 Å². The van der Waals surface area contributed by atoms with E-state index in [1.807, 2.05) is 32.0 Å². The summed E-state index contributed by atoms with van der Waals surface area (Å²) in [6, 6.07) is 8.02. The maximum atomic E-state index is 9.65. The number of aliphatic hydroxyl groups is 1. The SMILES string of the molecule is CCCC(O)CNCc1ccccc1OC(C)C. The Kier molecular flexibility index (Phi) is 6.76. The van der Waals surface area contributed by atoms with Crippen molar-refractivity contribution < 1.29 is 9.84 Å². The van der Waals surface area contributed by atoms with E-state index in [1.165, 1.54) is 0 Å². The summed E-state index contributed by atoms with van der Waals surface area (Å²) in [7, 11) is 0. The van der Waals surface area contributed by atoms with Crippen LogP contribution in [0.5, 0.6) is 5.75 Å². The highest BCUT2D eigenvalue weighted by atomic mass is 16.5. The molecule has 1 aromatic carbocycles. The number of nitrogens with one attached hydrogen (secondary N) is 1. The summed E-state index contributed by atoms with van der Waals surface area (Å²) in [4.78, 5) is 0. The van der Waals surface area contributed by atoms with Gasteiger partial charge in [-0.15, -0.1) is 0 Å². The van der Waals surface area contributed by atoms with Crippen molar-refractivity contribution in [1.29, 1.82) is 0 Å². The number of rotatable bonds is 8. The van der Waals surface area contributed by atoms with Crippen molar-refractivity contribution in [3.8, 4) is 5.75 Å². The maximum absolute atomic E-state index is 9.65. The van der Waals surface area contributed by atoms with E-state index in [9.17, 15) is 5.11 Å². The summed E-state index contributed by atoms with van der Waals surface area (Å²) in [5.41, 5.74) is 1.13. The average molecular weight is 251 g/mol. The molecule has 1 atom stereocenters. The van der Waals surface area contributed by atoms with Crippen molar-refractivity contribution in [3.05, 3.63) is 29.8 Å². The van der Waals surface area contributed by atoms with Crippen molar-refractivity contribution in [2.75, 3.05) is 6.54 Å². The Bertz CT molecular complexity index is 339. The lowest BCUT2D eigenvalue weighted by Crippen LogP contribution is -2.26. The van der Waals surface area contributed by atoms with E-state index in [-0.39, 0.29) is 12.2 Å². The van der Waals surface area contributed by atoms with Crippen LogP contribution in [-0.4, -0.2) is 23.9 Å². The number of ether oxygens (including phenoxy) is 1. The lowest BCUT2D eigenvalue weighted by Gasteiger charge is -2.15. The summed E-state index contributed by atoms with van der Waals surface area (Å²) < 4.78 is 5.75. The maximum Gasteiger partial charge on any atom is 0.124 e. The number of aliphatic hydroxyl groups excluding tert-OH is 1. The highest BCUT2D eigenvalue weighted by Gasteiger charge is 2.06. The molecule has 0 aliphatic rings. The third-order valence-electron chi connectivity index (χ3n) is 2.65. The molecular weight excluding hydrogens is 226 g/mol. The number of benzene rings is 1. The van der Waals surface area contributed by atoms with E-state index >= 15 is 0 Å². The van der Waals surface area contributed by atoms with Crippen LogP contribution >= 0.6 is 0 Å². The Morgan fingerprint density at radius 1 is 1.28 bits per heavy atom. The third kappa shape index (κ3) is 5.52. The molecule has 1 aromatic rings. The van der Waals surface area contributed by atoms with Gasteiger partial charge in [-0.05, 0) is 26.3 Å². The summed E-state index contributed by atoms with van der Waals surface area (Å²) in [5, 5.41) is 12.9. The zero-order valence-electron chi connectivity index (χ0n) is 11.6. The van der Waals surface area contributed by atoms with Gasteiger partial charge >= 0.3 is 0 Å². The lowest BCUT2D eigenvalue weighted by atomic mass is 10.2. The second-order valence-corrected chi connectivity index (χ2v) is 4.85. The highest BCUT2D eigenvalue weighted by molar-refractivity contribution is 5.33. The predicted molar refractivity (Wildman–Crippen MR) is 74.8 cm³/mol. The van der Waals surface area contributed by atoms with Crippen LogP contribution in [0.15, 0.2) is 24.3 Å². The Morgan fingerprint density at radius 3 is 2.67 bits per heavy atom. The smallest absolute Gasteiger partial charge is 0.124 e. The van der Waals surface area contributed by atoms with Crippen LogP contribution in [0.4, 0.5) is 0 Å². The van der Waals surface area contributed by atoms with Crippen LogP contribution < -0.4 is 10.1 Å². The van der Waals surface area contributed by atoms with Crippen molar-refractivity contribution in [2.45, 2.75) is 52.4 Å². The molecule has 1 rings (SSSR count). The van der Waals surface area contributed by atoms with Gasteiger partial charge in [0.05, 0.1) is 12.2 Å². The Balaban J connectivity index is 2.46. The summed E-state index contributed by atoms with van der Waals surface area (Å²) in [6.07, 6.45) is 1.78. The van der Waals surface area contributed by atoms with Crippen LogP contribution in [-0.2, 0) is 6.54 Å². The topological polar surface area (TPSA) is 41.5 Å². The van der Waals surface area contributed by atoms with E-state index in [4.69, 9.17) is 4.74 Å². The molecule has 0 aromatic heterocycles. The first-order valence-corrected chi connectivity index (χ1v) is 6.76. The number of hydrogen-bond acceptors (Lipinski definition) is 3. The molecule has 0 fully saturated rings. The molecule has 18 heavy (non-hydrogen) atoms. The largest absolute Gasteiger partial charge is 0.491 e. The predicted octanol–water partition coefficient (Wildman–Crippen LogP) is 2.72. The van der Waals surface area contributed by atoms with Crippen LogP contribution in [0, 0.1) is 0 Å². The minimum Gasteiger partial charge on any atom is -0.491 e. The van der Waals surface area contributed by atoms with Crippen LogP contribution in [0.1, 0.15) is 39.2 Å². The Labute approximate surface area is 110 Å². The fraction of sp³-hybridized carbons (Fsp3) is 0.600.